The molecule has 2 heteroatoms. The van der Waals surface area contributed by atoms with E-state index >= 15 is 0 Å². The van der Waals surface area contributed by atoms with Gasteiger partial charge < -0.3 is 9.47 Å². The Labute approximate surface area is 139 Å². The molecule has 23 heavy (non-hydrogen) atoms. The second-order valence-electron chi connectivity index (χ2n) is 5.49. The SMILES string of the molecule is CC[C]1[CH][C](c2ccc(OC)cc2)[CH][C]1c1ccc(OC)cc1. The Morgan fingerprint density at radius 3 is 1.70 bits per heavy atom. The monoisotopic (exact) mass is 305 g/mol. The molecule has 0 saturated heterocycles. The van der Waals surface area contributed by atoms with Crippen LogP contribution >= 0.6 is 0 Å². The van der Waals surface area contributed by atoms with Crippen LogP contribution in [0.4, 0.5) is 0 Å². The van der Waals surface area contributed by atoms with Crippen molar-refractivity contribution in [3.63, 3.8) is 0 Å². The van der Waals surface area contributed by atoms with Crippen molar-refractivity contribution in [3.8, 4) is 11.5 Å². The van der Waals surface area contributed by atoms with Crippen molar-refractivity contribution in [3.05, 3.63) is 90.3 Å². The molecule has 0 amide bonds. The van der Waals surface area contributed by atoms with Gasteiger partial charge in [0.15, 0.2) is 0 Å². The average Bonchev–Trinajstić information content (AvgIpc) is 3.06. The highest BCUT2D eigenvalue weighted by Gasteiger charge is 2.36. The minimum atomic E-state index is 0.881. The van der Waals surface area contributed by atoms with Crippen molar-refractivity contribution in [1.29, 1.82) is 0 Å². The zero-order chi connectivity index (χ0) is 16.2. The zero-order valence-corrected chi connectivity index (χ0v) is 13.8. The summed E-state index contributed by atoms with van der Waals surface area (Å²) in [5.74, 6) is 5.66. The lowest BCUT2D eigenvalue weighted by molar-refractivity contribution is 0.414. The molecule has 0 spiro atoms. The molecule has 0 aromatic heterocycles. The Bertz CT molecular complexity index is 615. The van der Waals surface area contributed by atoms with Crippen LogP contribution in [0.2, 0.25) is 0 Å². The van der Waals surface area contributed by atoms with E-state index in [1.54, 1.807) is 14.2 Å². The van der Waals surface area contributed by atoms with Crippen LogP contribution in [0.3, 0.4) is 0 Å². The average molecular weight is 305 g/mol. The highest BCUT2D eigenvalue weighted by atomic mass is 16.5. The molecule has 1 saturated carbocycles. The van der Waals surface area contributed by atoms with Gasteiger partial charge in [-0.05, 0) is 60.6 Å². The summed E-state index contributed by atoms with van der Waals surface area (Å²) in [7, 11) is 3.38. The fraction of sp³-hybridized carbons (Fsp3) is 0.190. The van der Waals surface area contributed by atoms with Crippen molar-refractivity contribution >= 4 is 0 Å². The highest BCUT2D eigenvalue weighted by Crippen LogP contribution is 2.47. The fourth-order valence-electron chi connectivity index (χ4n) is 2.84. The molecule has 0 unspecified atom stereocenters. The van der Waals surface area contributed by atoms with Crippen molar-refractivity contribution in [2.24, 2.45) is 0 Å². The predicted octanol–water partition coefficient (Wildman–Crippen LogP) is 4.66. The maximum absolute atomic E-state index is 5.25. The van der Waals surface area contributed by atoms with Crippen molar-refractivity contribution in [2.45, 2.75) is 13.3 Å². The standard InChI is InChI=1S/C21H21O2/c1-4-15-13-18(16-5-9-19(22-2)10-6-16)14-21(15)17-7-11-20(23-3)12-8-17/h5-14H,4H2,1-3H3. The van der Waals surface area contributed by atoms with Gasteiger partial charge in [0, 0.05) is 11.8 Å². The van der Waals surface area contributed by atoms with Gasteiger partial charge in [-0.15, -0.1) is 0 Å². The highest BCUT2D eigenvalue weighted by molar-refractivity contribution is 5.64. The Kier molecular flexibility index (Phi) is 4.90. The van der Waals surface area contributed by atoms with Crippen LogP contribution in [0.15, 0.2) is 48.5 Å². The summed E-state index contributed by atoms with van der Waals surface area (Å²) >= 11 is 0. The van der Waals surface area contributed by atoms with Gasteiger partial charge in [-0.1, -0.05) is 31.2 Å². The fourth-order valence-corrected chi connectivity index (χ4v) is 2.84. The van der Waals surface area contributed by atoms with E-state index in [1.807, 2.05) is 24.3 Å². The van der Waals surface area contributed by atoms with Crippen molar-refractivity contribution < 1.29 is 9.47 Å². The van der Waals surface area contributed by atoms with Crippen LogP contribution in [0.1, 0.15) is 24.5 Å². The van der Waals surface area contributed by atoms with Gasteiger partial charge >= 0.3 is 0 Å². The molecule has 5 radical (unpaired) electrons. The molecule has 0 atom stereocenters. The molecular formula is C21H21O2. The van der Waals surface area contributed by atoms with E-state index < -0.39 is 0 Å². The predicted molar refractivity (Wildman–Crippen MR) is 92.8 cm³/mol. The number of methoxy groups -OCH3 is 2. The largest absolute Gasteiger partial charge is 0.497 e. The lowest BCUT2D eigenvalue weighted by Gasteiger charge is -2.16. The van der Waals surface area contributed by atoms with Crippen LogP contribution in [0.25, 0.3) is 0 Å². The lowest BCUT2D eigenvalue weighted by atomic mass is 9.87. The number of hydrogen-bond donors (Lipinski definition) is 0. The minimum absolute atomic E-state index is 0.881. The van der Waals surface area contributed by atoms with Crippen LogP contribution in [-0.2, 0) is 0 Å². The Hall–Kier alpha value is -1.96. The van der Waals surface area contributed by atoms with Gasteiger partial charge in [-0.3, -0.25) is 0 Å². The third-order valence-corrected chi connectivity index (χ3v) is 4.18. The molecule has 0 bridgehead atoms. The molecule has 2 aromatic rings. The summed E-state index contributed by atoms with van der Waals surface area (Å²) in [5.41, 5.74) is 2.43. The topological polar surface area (TPSA) is 18.5 Å². The summed E-state index contributed by atoms with van der Waals surface area (Å²) in [6.07, 6.45) is 5.56. The smallest absolute Gasteiger partial charge is 0.118 e. The molecule has 1 fully saturated rings. The van der Waals surface area contributed by atoms with E-state index in [9.17, 15) is 0 Å². The Balaban J connectivity index is 1.78. The van der Waals surface area contributed by atoms with Gasteiger partial charge in [-0.2, -0.15) is 0 Å². The van der Waals surface area contributed by atoms with Gasteiger partial charge in [-0.25, -0.2) is 0 Å². The second-order valence-corrected chi connectivity index (χ2v) is 5.49. The maximum Gasteiger partial charge on any atom is 0.118 e. The van der Waals surface area contributed by atoms with Gasteiger partial charge in [0.2, 0.25) is 0 Å². The minimum Gasteiger partial charge on any atom is -0.497 e. The molecule has 1 aliphatic carbocycles. The summed E-state index contributed by atoms with van der Waals surface area (Å²) in [5, 5.41) is 0. The molecule has 2 nitrogen and oxygen atoms in total. The Morgan fingerprint density at radius 1 is 0.696 bits per heavy atom. The normalized spacial score (nSPS) is 16.7. The molecule has 0 aliphatic heterocycles. The molecule has 3 rings (SSSR count). The van der Waals surface area contributed by atoms with Gasteiger partial charge in [0.05, 0.1) is 14.2 Å². The number of benzene rings is 2. The second kappa shape index (κ2) is 7.08. The molecule has 1 aliphatic rings. The first-order valence-electron chi connectivity index (χ1n) is 7.83. The van der Waals surface area contributed by atoms with E-state index in [1.165, 1.54) is 28.9 Å². The summed E-state index contributed by atoms with van der Waals surface area (Å²) in [6, 6.07) is 16.5. The number of hydrogen-bond acceptors (Lipinski definition) is 2. The van der Waals surface area contributed by atoms with Crippen LogP contribution in [0.5, 0.6) is 11.5 Å². The molecule has 2 aromatic carbocycles. The van der Waals surface area contributed by atoms with E-state index in [0.717, 1.165) is 17.9 Å². The van der Waals surface area contributed by atoms with E-state index in [0.29, 0.717) is 0 Å². The maximum atomic E-state index is 5.25. The van der Waals surface area contributed by atoms with Crippen LogP contribution in [-0.4, -0.2) is 14.2 Å². The third kappa shape index (κ3) is 3.36. The van der Waals surface area contributed by atoms with E-state index in [-0.39, 0.29) is 0 Å². The third-order valence-electron chi connectivity index (χ3n) is 4.18. The first-order valence-corrected chi connectivity index (χ1v) is 7.83. The van der Waals surface area contributed by atoms with Crippen molar-refractivity contribution in [2.75, 3.05) is 14.2 Å². The summed E-state index contributed by atoms with van der Waals surface area (Å²) < 4.78 is 10.5. The Morgan fingerprint density at radius 2 is 1.22 bits per heavy atom. The quantitative estimate of drug-likeness (QED) is 0.800. The summed E-state index contributed by atoms with van der Waals surface area (Å²) in [4.78, 5) is 0. The molecule has 0 heterocycles. The first kappa shape index (κ1) is 15.9. The number of ether oxygens (including phenoxy) is 2. The van der Waals surface area contributed by atoms with E-state index in [4.69, 9.17) is 9.47 Å². The lowest BCUT2D eigenvalue weighted by Crippen LogP contribution is -2.04. The molecule has 117 valence electrons. The van der Waals surface area contributed by atoms with Crippen LogP contribution < -0.4 is 9.47 Å². The van der Waals surface area contributed by atoms with Crippen molar-refractivity contribution in [1.82, 2.24) is 0 Å². The van der Waals surface area contributed by atoms with E-state index in [2.05, 4.69) is 44.0 Å². The van der Waals surface area contributed by atoms with Crippen LogP contribution in [0, 0.1) is 30.6 Å². The summed E-state index contributed by atoms with van der Waals surface area (Å²) in [6.45, 7) is 2.19. The van der Waals surface area contributed by atoms with Gasteiger partial charge in [0.1, 0.15) is 11.5 Å². The van der Waals surface area contributed by atoms with Gasteiger partial charge in [0.25, 0.3) is 0 Å². The molecule has 0 N–H and O–H groups in total. The molecular weight excluding hydrogens is 284 g/mol. The zero-order valence-electron chi connectivity index (χ0n) is 13.8. The first-order chi connectivity index (χ1) is 11.2. The number of rotatable bonds is 5.